The smallest absolute Gasteiger partial charge is 0.242 e. The third-order valence-electron chi connectivity index (χ3n) is 4.30. The van der Waals surface area contributed by atoms with Crippen molar-refractivity contribution in [1.29, 1.82) is 0 Å². The Morgan fingerprint density at radius 3 is 2.84 bits per heavy atom. The van der Waals surface area contributed by atoms with Gasteiger partial charge in [-0.2, -0.15) is 0 Å². The average Bonchev–Trinajstić information content (AvgIpc) is 2.39. The first-order valence-corrected chi connectivity index (χ1v) is 7.19. The van der Waals surface area contributed by atoms with Gasteiger partial charge in [-0.1, -0.05) is 0 Å². The molecule has 0 spiro atoms. The Balaban J connectivity index is 0.00000180. The molecule has 0 aromatic heterocycles. The molecule has 4 nitrogen and oxygen atoms in total. The molecule has 0 radical (unpaired) electrons. The van der Waals surface area contributed by atoms with Crippen LogP contribution in [0.4, 0.5) is 0 Å². The van der Waals surface area contributed by atoms with Gasteiger partial charge in [0, 0.05) is 20.2 Å². The van der Waals surface area contributed by atoms with E-state index in [1.807, 2.05) is 4.90 Å². The molecule has 1 N–H and O–H groups in total. The second-order valence-electron chi connectivity index (χ2n) is 5.93. The first kappa shape index (κ1) is 16.7. The van der Waals surface area contributed by atoms with E-state index >= 15 is 0 Å². The molecule has 0 saturated carbocycles. The maximum absolute atomic E-state index is 12.6. The number of nitrogens with one attached hydrogen (secondary N) is 1. The highest BCUT2D eigenvalue weighted by Crippen LogP contribution is 2.25. The van der Waals surface area contributed by atoms with Crippen LogP contribution in [0.2, 0.25) is 0 Å². The zero-order valence-electron chi connectivity index (χ0n) is 12.1. The maximum Gasteiger partial charge on any atom is 0.242 e. The summed E-state index contributed by atoms with van der Waals surface area (Å²) in [5.41, 5.74) is -0.326. The van der Waals surface area contributed by atoms with Crippen molar-refractivity contribution in [2.45, 2.75) is 44.6 Å². The minimum absolute atomic E-state index is 0. The molecule has 2 aliphatic heterocycles. The summed E-state index contributed by atoms with van der Waals surface area (Å²) in [6.45, 7) is 5.58. The lowest BCUT2D eigenvalue weighted by molar-refractivity contribution is -0.141. The normalized spacial score (nSPS) is 31.7. The predicted octanol–water partition coefficient (Wildman–Crippen LogP) is 1.83. The molecule has 5 heteroatoms. The number of carbonyl (C=O) groups is 1. The number of amides is 1. The molecular weight excluding hydrogens is 264 g/mol. The molecule has 0 aliphatic carbocycles. The molecule has 19 heavy (non-hydrogen) atoms. The lowest BCUT2D eigenvalue weighted by atomic mass is 9.88. The van der Waals surface area contributed by atoms with Crippen LogP contribution in [0, 0.1) is 5.92 Å². The lowest BCUT2D eigenvalue weighted by Crippen LogP contribution is -2.59. The van der Waals surface area contributed by atoms with Gasteiger partial charge in [0.15, 0.2) is 0 Å². The highest BCUT2D eigenvalue weighted by atomic mass is 35.5. The van der Waals surface area contributed by atoms with Gasteiger partial charge in [0.05, 0.1) is 12.1 Å². The summed E-state index contributed by atoms with van der Waals surface area (Å²) in [4.78, 5) is 14.7. The molecule has 2 unspecified atom stereocenters. The quantitative estimate of drug-likeness (QED) is 0.862. The SMILES string of the molecule is COCC1CCCN(C(=O)C2(C)CCCCN2)C1.Cl. The Morgan fingerprint density at radius 1 is 1.42 bits per heavy atom. The van der Waals surface area contributed by atoms with Gasteiger partial charge in [-0.15, -0.1) is 12.4 Å². The standard InChI is InChI=1S/C14H26N2O2.ClH/c1-14(7-3-4-8-15-14)13(17)16-9-5-6-12(10-16)11-18-2;/h12,15H,3-11H2,1-2H3;1H. The van der Waals surface area contributed by atoms with E-state index in [1.54, 1.807) is 7.11 Å². The number of halogens is 1. The third kappa shape index (κ3) is 4.07. The molecule has 2 fully saturated rings. The van der Waals surface area contributed by atoms with Gasteiger partial charge < -0.3 is 15.0 Å². The number of hydrogen-bond donors (Lipinski definition) is 1. The van der Waals surface area contributed by atoms with Crippen LogP contribution in [-0.2, 0) is 9.53 Å². The summed E-state index contributed by atoms with van der Waals surface area (Å²) in [5, 5.41) is 3.42. The van der Waals surface area contributed by atoms with E-state index in [0.29, 0.717) is 11.8 Å². The summed E-state index contributed by atoms with van der Waals surface area (Å²) in [5.74, 6) is 0.808. The van der Waals surface area contributed by atoms with Crippen LogP contribution in [0.1, 0.15) is 39.0 Å². The van der Waals surface area contributed by atoms with Crippen LogP contribution >= 0.6 is 12.4 Å². The molecule has 112 valence electrons. The van der Waals surface area contributed by atoms with E-state index in [1.165, 1.54) is 12.8 Å². The first-order valence-electron chi connectivity index (χ1n) is 7.19. The molecule has 1 amide bonds. The van der Waals surface area contributed by atoms with Crippen molar-refractivity contribution in [3.05, 3.63) is 0 Å². The van der Waals surface area contributed by atoms with Crippen molar-refractivity contribution in [2.75, 3.05) is 33.4 Å². The van der Waals surface area contributed by atoms with Gasteiger partial charge >= 0.3 is 0 Å². The third-order valence-corrected chi connectivity index (χ3v) is 4.30. The summed E-state index contributed by atoms with van der Waals surface area (Å²) < 4.78 is 5.23. The molecule has 0 aromatic carbocycles. The molecule has 2 saturated heterocycles. The average molecular weight is 291 g/mol. The number of methoxy groups -OCH3 is 1. The Morgan fingerprint density at radius 2 is 2.21 bits per heavy atom. The molecule has 2 rings (SSSR count). The Hall–Kier alpha value is -0.320. The van der Waals surface area contributed by atoms with E-state index in [0.717, 1.165) is 45.5 Å². The molecule has 2 aliphatic rings. The minimum atomic E-state index is -0.326. The zero-order valence-corrected chi connectivity index (χ0v) is 12.9. The van der Waals surface area contributed by atoms with Gasteiger partial charge in [-0.05, 0) is 51.5 Å². The number of piperidine rings is 2. The molecular formula is C14H27ClN2O2. The van der Waals surface area contributed by atoms with Gasteiger partial charge in [0.25, 0.3) is 0 Å². The van der Waals surface area contributed by atoms with Crippen molar-refractivity contribution < 1.29 is 9.53 Å². The van der Waals surface area contributed by atoms with Crippen LogP contribution in [0.15, 0.2) is 0 Å². The summed E-state index contributed by atoms with van der Waals surface area (Å²) >= 11 is 0. The second-order valence-corrected chi connectivity index (χ2v) is 5.93. The number of nitrogens with zero attached hydrogens (tertiary/aromatic N) is 1. The first-order chi connectivity index (χ1) is 8.65. The van der Waals surface area contributed by atoms with E-state index in [4.69, 9.17) is 4.74 Å². The summed E-state index contributed by atoms with van der Waals surface area (Å²) in [7, 11) is 1.74. The largest absolute Gasteiger partial charge is 0.384 e. The van der Waals surface area contributed by atoms with Crippen LogP contribution in [0.3, 0.4) is 0 Å². The van der Waals surface area contributed by atoms with Crippen LogP contribution in [0.25, 0.3) is 0 Å². The molecule has 0 aromatic rings. The van der Waals surface area contributed by atoms with E-state index in [2.05, 4.69) is 12.2 Å². The highest BCUT2D eigenvalue weighted by molar-refractivity contribution is 5.86. The van der Waals surface area contributed by atoms with Crippen molar-refractivity contribution in [3.8, 4) is 0 Å². The zero-order chi connectivity index (χ0) is 13.0. The van der Waals surface area contributed by atoms with Gasteiger partial charge in [-0.25, -0.2) is 0 Å². The summed E-state index contributed by atoms with van der Waals surface area (Å²) in [6.07, 6.45) is 5.61. The number of likely N-dealkylation sites (tertiary alicyclic amines) is 1. The monoisotopic (exact) mass is 290 g/mol. The van der Waals surface area contributed by atoms with E-state index in [9.17, 15) is 4.79 Å². The fraction of sp³-hybridized carbons (Fsp3) is 0.929. The number of hydrogen-bond acceptors (Lipinski definition) is 3. The Kier molecular flexibility index (Phi) is 6.57. The van der Waals surface area contributed by atoms with Crippen molar-refractivity contribution in [1.82, 2.24) is 10.2 Å². The number of rotatable bonds is 3. The van der Waals surface area contributed by atoms with Gasteiger partial charge in [0.2, 0.25) is 5.91 Å². The topological polar surface area (TPSA) is 41.6 Å². The second kappa shape index (κ2) is 7.46. The predicted molar refractivity (Wildman–Crippen MR) is 78.7 cm³/mol. The van der Waals surface area contributed by atoms with Crippen molar-refractivity contribution >= 4 is 18.3 Å². The van der Waals surface area contributed by atoms with Gasteiger partial charge in [0.1, 0.15) is 0 Å². The van der Waals surface area contributed by atoms with Crippen LogP contribution in [0.5, 0.6) is 0 Å². The maximum atomic E-state index is 12.6. The number of ether oxygens (including phenoxy) is 1. The fourth-order valence-electron chi connectivity index (χ4n) is 3.21. The lowest BCUT2D eigenvalue weighted by Gasteiger charge is -2.41. The van der Waals surface area contributed by atoms with E-state index < -0.39 is 0 Å². The molecule has 2 atom stereocenters. The van der Waals surface area contributed by atoms with Crippen molar-refractivity contribution in [2.24, 2.45) is 5.92 Å². The number of carbonyl (C=O) groups excluding carboxylic acids is 1. The van der Waals surface area contributed by atoms with Crippen LogP contribution < -0.4 is 5.32 Å². The Bertz CT molecular complexity index is 291. The van der Waals surface area contributed by atoms with Crippen molar-refractivity contribution in [3.63, 3.8) is 0 Å². The Labute approximate surface area is 122 Å². The molecule has 2 heterocycles. The minimum Gasteiger partial charge on any atom is -0.384 e. The van der Waals surface area contributed by atoms with Gasteiger partial charge in [-0.3, -0.25) is 4.79 Å². The van der Waals surface area contributed by atoms with E-state index in [-0.39, 0.29) is 17.9 Å². The molecule has 0 bridgehead atoms. The summed E-state index contributed by atoms with van der Waals surface area (Å²) in [6, 6.07) is 0. The fourth-order valence-corrected chi connectivity index (χ4v) is 3.21. The highest BCUT2D eigenvalue weighted by Gasteiger charge is 2.38. The van der Waals surface area contributed by atoms with Crippen LogP contribution in [-0.4, -0.2) is 49.7 Å².